The maximum absolute atomic E-state index is 5.14. The summed E-state index contributed by atoms with van der Waals surface area (Å²) in [5.74, 6) is 0. The Kier molecular flexibility index (Phi) is 7.05. The predicted octanol–water partition coefficient (Wildman–Crippen LogP) is 11.2. The van der Waals surface area contributed by atoms with Gasteiger partial charge in [-0.2, -0.15) is 6.07 Å². The van der Waals surface area contributed by atoms with Crippen LogP contribution in [0.15, 0.2) is 128 Å². The summed E-state index contributed by atoms with van der Waals surface area (Å²) in [6.45, 7) is 8.77. The summed E-state index contributed by atoms with van der Waals surface area (Å²) in [7, 11) is 0. The molecule has 0 spiro atoms. The summed E-state index contributed by atoms with van der Waals surface area (Å²) in [5, 5.41) is 5.41. The number of nitrogens with zero attached hydrogens (tertiary/aromatic N) is 6. The second kappa shape index (κ2) is 11.8. The van der Waals surface area contributed by atoms with Gasteiger partial charge in [0.05, 0.1) is 16.7 Å². The van der Waals surface area contributed by atoms with E-state index >= 15 is 0 Å². The third kappa shape index (κ3) is 4.55. The number of anilines is 4. The van der Waals surface area contributed by atoms with Crippen LogP contribution >= 0.6 is 0 Å². The molecule has 1 aliphatic heterocycles. The van der Waals surface area contributed by atoms with Gasteiger partial charge in [-0.25, -0.2) is 4.98 Å². The molecule has 0 N–H and O–H groups in total. The number of aromatic nitrogens is 4. The Hall–Kier alpha value is -5.97. The minimum absolute atomic E-state index is 0. The Morgan fingerprint density at radius 2 is 1.26 bits per heavy atom. The van der Waals surface area contributed by atoms with Crippen LogP contribution in [0.1, 0.15) is 16.7 Å². The number of para-hydroxylation sites is 5. The number of imidazole rings is 1. The van der Waals surface area contributed by atoms with Crippen molar-refractivity contribution in [1.82, 2.24) is 18.9 Å². The number of fused-ring (bicyclic) bond motifs is 12. The summed E-state index contributed by atoms with van der Waals surface area (Å²) in [6.07, 6.45) is 1.85. The molecule has 258 valence electrons. The van der Waals surface area contributed by atoms with E-state index < -0.39 is 0 Å². The van der Waals surface area contributed by atoms with Crippen LogP contribution in [0.2, 0.25) is 0 Å². The molecular formula is C46H31N6Pt-3. The topological polar surface area (TPSA) is 41.6 Å². The van der Waals surface area contributed by atoms with Crippen LogP contribution in [-0.4, -0.2) is 18.9 Å². The Morgan fingerprint density at radius 1 is 0.585 bits per heavy atom. The zero-order chi connectivity index (χ0) is 34.7. The molecule has 1 aliphatic rings. The molecule has 0 saturated heterocycles. The van der Waals surface area contributed by atoms with Crippen LogP contribution in [0, 0.1) is 39.6 Å². The van der Waals surface area contributed by atoms with Crippen molar-refractivity contribution in [3.63, 3.8) is 0 Å². The zero-order valence-electron chi connectivity index (χ0n) is 29.2. The number of pyridine rings is 2. The fourth-order valence-electron chi connectivity index (χ4n) is 8.51. The quantitative estimate of drug-likeness (QED) is 0.131. The van der Waals surface area contributed by atoms with Gasteiger partial charge in [-0.15, -0.1) is 48.1 Å². The van der Waals surface area contributed by atoms with E-state index in [0.29, 0.717) is 0 Å². The molecule has 4 aromatic heterocycles. The average Bonchev–Trinajstić information content (AvgIpc) is 3.85. The van der Waals surface area contributed by atoms with E-state index in [4.69, 9.17) is 9.97 Å². The molecule has 7 heteroatoms. The fourth-order valence-corrected chi connectivity index (χ4v) is 8.51. The molecule has 5 heterocycles. The number of rotatable bonds is 3. The van der Waals surface area contributed by atoms with Crippen molar-refractivity contribution in [2.75, 3.05) is 9.80 Å². The molecule has 53 heavy (non-hydrogen) atoms. The summed E-state index contributed by atoms with van der Waals surface area (Å²) in [5.41, 5.74) is 14.9. The van der Waals surface area contributed by atoms with Crippen molar-refractivity contribution in [3.8, 4) is 5.69 Å². The molecular weight excluding hydrogens is 832 g/mol. The SMILES string of the molecule is Cc1cc(C)c(N2[CH-]N(c3[c-]c4c(cc3)c3ccccc3n4-c3[c-]c4c(cc3)c3cccnc3n3c5ccccc5nc43)c3ccccc32)c(C)c1.[Pt]. The van der Waals surface area contributed by atoms with E-state index in [0.717, 1.165) is 77.7 Å². The maximum atomic E-state index is 5.14. The standard InChI is InChI=1S/C46H31N6.Pt/c1-28-23-29(2)44(30(3)24-28)50-27-49(41-16-8-9-17-42(41)50)31-18-21-35-34-11-4-6-14-39(34)51(43(35)26-31)32-19-20-33-36-12-10-22-47-45(36)52-40-15-7-5-13-38(40)48-46(52)37(33)25-32;/h4-24,27H,1-3H3;/q-3;. The van der Waals surface area contributed by atoms with Gasteiger partial charge in [-0.1, -0.05) is 82.5 Å². The van der Waals surface area contributed by atoms with Crippen molar-refractivity contribution in [2.45, 2.75) is 20.8 Å². The summed E-state index contributed by atoms with van der Waals surface area (Å²) in [4.78, 5) is 14.5. The first kappa shape index (κ1) is 31.7. The molecule has 6 nitrogen and oxygen atoms in total. The predicted molar refractivity (Wildman–Crippen MR) is 213 cm³/mol. The normalized spacial score (nSPS) is 12.9. The van der Waals surface area contributed by atoms with Crippen molar-refractivity contribution in [1.29, 1.82) is 0 Å². The molecule has 11 rings (SSSR count). The van der Waals surface area contributed by atoms with E-state index in [1.807, 2.05) is 18.3 Å². The number of benzene rings is 6. The summed E-state index contributed by atoms with van der Waals surface area (Å²) < 4.78 is 4.47. The van der Waals surface area contributed by atoms with Crippen LogP contribution in [0.4, 0.5) is 22.7 Å². The number of aryl methyl sites for hydroxylation is 3. The van der Waals surface area contributed by atoms with Gasteiger partial charge in [0.1, 0.15) is 5.65 Å². The number of hydrogen-bond acceptors (Lipinski definition) is 4. The smallest absolute Gasteiger partial charge is 0.128 e. The zero-order valence-corrected chi connectivity index (χ0v) is 31.5. The molecule has 0 atom stereocenters. The molecule has 0 bridgehead atoms. The summed E-state index contributed by atoms with van der Waals surface area (Å²) >= 11 is 0. The van der Waals surface area contributed by atoms with Gasteiger partial charge in [-0.3, -0.25) is 4.98 Å². The Morgan fingerprint density at radius 3 is 2.09 bits per heavy atom. The minimum Gasteiger partial charge on any atom is -0.493 e. The molecule has 0 saturated carbocycles. The van der Waals surface area contributed by atoms with Gasteiger partial charge < -0.3 is 18.8 Å². The second-order valence-corrected chi connectivity index (χ2v) is 13.8. The summed E-state index contributed by atoms with van der Waals surface area (Å²) in [6, 6.07) is 50.7. The fraction of sp³-hybridized carbons (Fsp3) is 0.0652. The van der Waals surface area contributed by atoms with Gasteiger partial charge in [0.25, 0.3) is 0 Å². The number of hydrogen-bond donors (Lipinski definition) is 0. The Labute approximate surface area is 320 Å². The molecule has 0 aliphatic carbocycles. The van der Waals surface area contributed by atoms with Crippen LogP contribution < -0.4 is 9.80 Å². The van der Waals surface area contributed by atoms with Gasteiger partial charge >= 0.3 is 0 Å². The third-order valence-electron chi connectivity index (χ3n) is 10.6. The van der Waals surface area contributed by atoms with Crippen molar-refractivity contribution in [3.05, 3.63) is 163 Å². The Bertz CT molecular complexity index is 3100. The van der Waals surface area contributed by atoms with Gasteiger partial charge in [0.15, 0.2) is 0 Å². The van der Waals surface area contributed by atoms with Crippen molar-refractivity contribution >= 4 is 83.0 Å². The van der Waals surface area contributed by atoms with E-state index in [1.165, 1.54) is 27.8 Å². The van der Waals surface area contributed by atoms with Gasteiger partial charge in [-0.05, 0) is 84.8 Å². The molecule has 10 aromatic rings. The van der Waals surface area contributed by atoms with E-state index in [9.17, 15) is 0 Å². The third-order valence-corrected chi connectivity index (χ3v) is 10.6. The van der Waals surface area contributed by atoms with Crippen molar-refractivity contribution < 1.29 is 21.1 Å². The molecule has 0 fully saturated rings. The van der Waals surface area contributed by atoms with Gasteiger partial charge in [0.2, 0.25) is 0 Å². The van der Waals surface area contributed by atoms with Crippen LogP contribution in [-0.2, 0) is 21.1 Å². The van der Waals surface area contributed by atoms with E-state index in [1.54, 1.807) is 0 Å². The average molecular weight is 863 g/mol. The largest absolute Gasteiger partial charge is 0.493 e. The van der Waals surface area contributed by atoms with Crippen LogP contribution in [0.25, 0.3) is 66.0 Å². The molecule has 0 unspecified atom stereocenters. The second-order valence-electron chi connectivity index (χ2n) is 13.8. The van der Waals surface area contributed by atoms with E-state index in [2.05, 4.69) is 168 Å². The van der Waals surface area contributed by atoms with Gasteiger partial charge in [0, 0.05) is 49.8 Å². The van der Waals surface area contributed by atoms with Crippen LogP contribution in [0.3, 0.4) is 0 Å². The first-order chi connectivity index (χ1) is 25.5. The first-order valence-electron chi connectivity index (χ1n) is 17.6. The molecule has 6 aromatic carbocycles. The minimum atomic E-state index is 0. The Balaban J connectivity index is 0.00000349. The van der Waals surface area contributed by atoms with E-state index in [-0.39, 0.29) is 21.1 Å². The molecule has 0 amide bonds. The van der Waals surface area contributed by atoms with Crippen LogP contribution in [0.5, 0.6) is 0 Å². The van der Waals surface area contributed by atoms with Crippen molar-refractivity contribution in [2.24, 2.45) is 0 Å². The molecule has 0 radical (unpaired) electrons. The monoisotopic (exact) mass is 862 g/mol. The maximum Gasteiger partial charge on any atom is 0.128 e. The first-order valence-corrected chi connectivity index (χ1v) is 17.6.